The molecule has 158 valence electrons. The molecule has 1 aliphatic rings. The molecule has 1 aliphatic heterocycles. The van der Waals surface area contributed by atoms with Crippen molar-refractivity contribution in [2.24, 2.45) is 0 Å². The van der Waals surface area contributed by atoms with Crippen molar-refractivity contribution in [3.8, 4) is 17.2 Å². The Morgan fingerprint density at radius 1 is 0.906 bits per heavy atom. The van der Waals surface area contributed by atoms with Crippen LogP contribution in [0.15, 0.2) is 77.2 Å². The first-order chi connectivity index (χ1) is 15.6. The number of carbonyl (C=O) groups excluding carboxylic acids is 3. The summed E-state index contributed by atoms with van der Waals surface area (Å²) in [6.45, 7) is 0.156. The van der Waals surface area contributed by atoms with Crippen molar-refractivity contribution in [3.05, 3.63) is 83.9 Å². The lowest BCUT2D eigenvalue weighted by atomic mass is 10.1. The molecule has 0 atom stereocenters. The van der Waals surface area contributed by atoms with E-state index in [1.54, 1.807) is 42.5 Å². The highest BCUT2D eigenvalue weighted by Gasteiger charge is 2.34. The third kappa shape index (κ3) is 3.65. The maximum Gasteiger partial charge on any atom is 0.311 e. The molecule has 0 fully saturated rings. The molecule has 7 heteroatoms. The van der Waals surface area contributed by atoms with E-state index in [0.29, 0.717) is 40.3 Å². The van der Waals surface area contributed by atoms with Gasteiger partial charge in [0.1, 0.15) is 11.3 Å². The fraction of sp³-hybridized carbons (Fsp3) is 0.120. The summed E-state index contributed by atoms with van der Waals surface area (Å²) in [7, 11) is 0. The van der Waals surface area contributed by atoms with Crippen molar-refractivity contribution < 1.29 is 23.5 Å². The largest absolute Gasteiger partial charge is 0.436 e. The van der Waals surface area contributed by atoms with Gasteiger partial charge >= 0.3 is 5.97 Å². The molecule has 4 aromatic rings. The maximum absolute atomic E-state index is 12.4. The summed E-state index contributed by atoms with van der Waals surface area (Å²) in [5.74, 6) is -0.277. The van der Waals surface area contributed by atoms with Crippen molar-refractivity contribution in [1.82, 2.24) is 9.88 Å². The Kier molecular flexibility index (Phi) is 4.99. The predicted molar refractivity (Wildman–Crippen MR) is 116 cm³/mol. The molecule has 1 aromatic heterocycles. The van der Waals surface area contributed by atoms with E-state index < -0.39 is 5.97 Å². The van der Waals surface area contributed by atoms with Gasteiger partial charge < -0.3 is 9.15 Å². The number of oxazole rings is 1. The number of hydrogen-bond donors (Lipinski definition) is 0. The normalized spacial score (nSPS) is 12.9. The zero-order chi connectivity index (χ0) is 22.1. The Bertz CT molecular complexity index is 1310. The van der Waals surface area contributed by atoms with Crippen LogP contribution in [0.3, 0.4) is 0 Å². The van der Waals surface area contributed by atoms with E-state index in [0.717, 1.165) is 5.56 Å². The fourth-order valence-electron chi connectivity index (χ4n) is 3.68. The van der Waals surface area contributed by atoms with Gasteiger partial charge in [-0.3, -0.25) is 19.3 Å². The average molecular weight is 426 g/mol. The average Bonchev–Trinajstić information content (AvgIpc) is 3.34. The smallest absolute Gasteiger partial charge is 0.311 e. The minimum absolute atomic E-state index is 0.0666. The first-order valence-electron chi connectivity index (χ1n) is 10.2. The number of rotatable bonds is 6. The van der Waals surface area contributed by atoms with Gasteiger partial charge in [-0.1, -0.05) is 30.3 Å². The predicted octanol–water partition coefficient (Wildman–Crippen LogP) is 4.48. The van der Waals surface area contributed by atoms with Crippen LogP contribution in [0, 0.1) is 0 Å². The molecule has 0 radical (unpaired) electrons. The van der Waals surface area contributed by atoms with Crippen LogP contribution in [0.25, 0.3) is 22.6 Å². The topological polar surface area (TPSA) is 89.7 Å². The quantitative estimate of drug-likeness (QED) is 0.257. The monoisotopic (exact) mass is 426 g/mol. The standard InChI is InChI=1S/C25H18N2O5/c28-22(11-6-14-27-24(29)18-9-4-5-10-19(18)25(27)30)31-17-12-13-20-21(15-17)32-23(26-20)16-7-2-1-3-8-16/h1-5,7-10,12-13,15H,6,11,14H2. The number of carbonyl (C=O) groups is 3. The molecule has 0 N–H and O–H groups in total. The summed E-state index contributed by atoms with van der Waals surface area (Å²) >= 11 is 0. The molecular formula is C25H18N2O5. The number of imide groups is 1. The SMILES string of the molecule is O=C(CCCN1C(=O)c2ccccc2C1=O)Oc1ccc2nc(-c3ccccc3)oc2c1. The molecule has 0 bridgehead atoms. The van der Waals surface area contributed by atoms with Crippen LogP contribution in [0.4, 0.5) is 0 Å². The summed E-state index contributed by atoms with van der Waals surface area (Å²) in [4.78, 5) is 42.6. The number of aromatic nitrogens is 1. The van der Waals surface area contributed by atoms with Gasteiger partial charge in [0, 0.05) is 24.6 Å². The summed E-state index contributed by atoms with van der Waals surface area (Å²) < 4.78 is 11.2. The van der Waals surface area contributed by atoms with Gasteiger partial charge in [-0.2, -0.15) is 0 Å². The Morgan fingerprint density at radius 2 is 1.59 bits per heavy atom. The van der Waals surface area contributed by atoms with Gasteiger partial charge in [0.05, 0.1) is 11.1 Å². The lowest BCUT2D eigenvalue weighted by Gasteiger charge is -2.13. The molecule has 7 nitrogen and oxygen atoms in total. The van der Waals surface area contributed by atoms with Gasteiger partial charge in [0.2, 0.25) is 5.89 Å². The Morgan fingerprint density at radius 3 is 2.31 bits per heavy atom. The molecule has 0 spiro atoms. The molecule has 0 unspecified atom stereocenters. The minimum Gasteiger partial charge on any atom is -0.436 e. The zero-order valence-corrected chi connectivity index (χ0v) is 17.0. The minimum atomic E-state index is -0.455. The summed E-state index contributed by atoms with van der Waals surface area (Å²) in [5.41, 5.74) is 2.83. The second-order valence-corrected chi connectivity index (χ2v) is 7.40. The Hall–Kier alpha value is -4.26. The van der Waals surface area contributed by atoms with E-state index >= 15 is 0 Å². The molecule has 0 saturated heterocycles. The Balaban J connectivity index is 1.19. The molecule has 5 rings (SSSR count). The van der Waals surface area contributed by atoms with Crippen molar-refractivity contribution in [3.63, 3.8) is 0 Å². The molecular weight excluding hydrogens is 408 g/mol. The van der Waals surface area contributed by atoms with Crippen molar-refractivity contribution in [1.29, 1.82) is 0 Å². The van der Waals surface area contributed by atoms with Crippen LogP contribution in [0.1, 0.15) is 33.6 Å². The van der Waals surface area contributed by atoms with E-state index in [-0.39, 0.29) is 24.8 Å². The Labute approximate surface area is 183 Å². The van der Waals surface area contributed by atoms with Gasteiger partial charge in [0.15, 0.2) is 5.58 Å². The van der Waals surface area contributed by atoms with Crippen molar-refractivity contribution in [2.45, 2.75) is 12.8 Å². The first kappa shape index (κ1) is 19.7. The second-order valence-electron chi connectivity index (χ2n) is 7.40. The molecule has 0 aliphatic carbocycles. The number of hydrogen-bond acceptors (Lipinski definition) is 6. The van der Waals surface area contributed by atoms with Crippen LogP contribution >= 0.6 is 0 Å². The zero-order valence-electron chi connectivity index (χ0n) is 17.0. The summed E-state index contributed by atoms with van der Waals surface area (Å²) in [6, 6.07) is 21.2. The van der Waals surface area contributed by atoms with E-state index in [9.17, 15) is 14.4 Å². The van der Waals surface area contributed by atoms with Gasteiger partial charge in [-0.05, 0) is 42.8 Å². The molecule has 32 heavy (non-hydrogen) atoms. The van der Waals surface area contributed by atoms with E-state index in [1.165, 1.54) is 4.90 Å². The number of nitrogens with zero attached hydrogens (tertiary/aromatic N) is 2. The van der Waals surface area contributed by atoms with E-state index in [4.69, 9.17) is 9.15 Å². The van der Waals surface area contributed by atoms with Gasteiger partial charge in [0.25, 0.3) is 11.8 Å². The van der Waals surface area contributed by atoms with Crippen molar-refractivity contribution in [2.75, 3.05) is 6.54 Å². The third-order valence-electron chi connectivity index (χ3n) is 5.25. The van der Waals surface area contributed by atoms with E-state index in [1.807, 2.05) is 30.3 Å². The number of benzene rings is 3. The third-order valence-corrected chi connectivity index (χ3v) is 5.25. The fourth-order valence-corrected chi connectivity index (χ4v) is 3.68. The van der Waals surface area contributed by atoms with Crippen LogP contribution in [0.5, 0.6) is 5.75 Å². The van der Waals surface area contributed by atoms with Crippen LogP contribution in [-0.4, -0.2) is 34.2 Å². The van der Waals surface area contributed by atoms with Crippen LogP contribution in [-0.2, 0) is 4.79 Å². The van der Waals surface area contributed by atoms with Crippen LogP contribution < -0.4 is 4.74 Å². The molecule has 2 heterocycles. The molecule has 2 amide bonds. The van der Waals surface area contributed by atoms with Crippen LogP contribution in [0.2, 0.25) is 0 Å². The lowest BCUT2D eigenvalue weighted by molar-refractivity contribution is -0.134. The number of amides is 2. The lowest BCUT2D eigenvalue weighted by Crippen LogP contribution is -2.31. The second kappa shape index (κ2) is 8.11. The number of fused-ring (bicyclic) bond motifs is 2. The highest BCUT2D eigenvalue weighted by molar-refractivity contribution is 6.21. The molecule has 3 aromatic carbocycles. The number of ether oxygens (including phenoxy) is 1. The first-order valence-corrected chi connectivity index (χ1v) is 10.2. The summed E-state index contributed by atoms with van der Waals surface area (Å²) in [6.07, 6.45) is 0.379. The maximum atomic E-state index is 12.4. The van der Waals surface area contributed by atoms with E-state index in [2.05, 4.69) is 4.98 Å². The van der Waals surface area contributed by atoms with Gasteiger partial charge in [-0.25, -0.2) is 4.98 Å². The van der Waals surface area contributed by atoms with Gasteiger partial charge in [-0.15, -0.1) is 0 Å². The van der Waals surface area contributed by atoms with Crippen molar-refractivity contribution >= 4 is 28.9 Å². The number of esters is 1. The molecule has 0 saturated carbocycles. The highest BCUT2D eigenvalue weighted by Crippen LogP contribution is 2.27. The summed E-state index contributed by atoms with van der Waals surface area (Å²) in [5, 5.41) is 0. The highest BCUT2D eigenvalue weighted by atomic mass is 16.5.